The van der Waals surface area contributed by atoms with Gasteiger partial charge in [-0.1, -0.05) is 49.6 Å². The van der Waals surface area contributed by atoms with Crippen molar-refractivity contribution in [1.82, 2.24) is 16.0 Å². The van der Waals surface area contributed by atoms with E-state index in [9.17, 15) is 0 Å². The molecule has 0 atom stereocenters. The van der Waals surface area contributed by atoms with Gasteiger partial charge in [0, 0.05) is 49.2 Å². The van der Waals surface area contributed by atoms with E-state index in [0.29, 0.717) is 13.1 Å². The molecular formula is C26H35N5. The minimum atomic E-state index is 0.566. The Labute approximate surface area is 186 Å². The van der Waals surface area contributed by atoms with Gasteiger partial charge < -0.3 is 26.6 Å². The van der Waals surface area contributed by atoms with Gasteiger partial charge in [0.05, 0.1) is 22.8 Å². The van der Waals surface area contributed by atoms with Crippen molar-refractivity contribution >= 4 is 22.8 Å². The second-order valence-electron chi connectivity index (χ2n) is 7.64. The van der Waals surface area contributed by atoms with E-state index in [0.717, 1.165) is 71.1 Å². The van der Waals surface area contributed by atoms with E-state index in [1.54, 1.807) is 0 Å². The number of nitrogens with zero attached hydrogens (tertiary/aromatic N) is 1. The topological polar surface area (TPSA) is 65.3 Å². The van der Waals surface area contributed by atoms with Crippen molar-refractivity contribution < 1.29 is 0 Å². The molecule has 0 radical (unpaired) electrons. The zero-order valence-electron chi connectivity index (χ0n) is 18.8. The smallest absolute Gasteiger partial charge is 0.0678 e. The van der Waals surface area contributed by atoms with Crippen molar-refractivity contribution in [3.05, 3.63) is 84.2 Å². The molecule has 164 valence electrons. The van der Waals surface area contributed by atoms with Gasteiger partial charge in [0.15, 0.2) is 0 Å². The van der Waals surface area contributed by atoms with Crippen LogP contribution in [0.25, 0.3) is 11.4 Å². The molecule has 2 aromatic carbocycles. The fraction of sp³-hybridized carbons (Fsp3) is 0.308. The van der Waals surface area contributed by atoms with Gasteiger partial charge in [0.1, 0.15) is 0 Å². The third-order valence-electron chi connectivity index (χ3n) is 5.46. The molecule has 0 spiro atoms. The summed E-state index contributed by atoms with van der Waals surface area (Å²) in [5, 5.41) is 10.3. The van der Waals surface area contributed by atoms with Crippen molar-refractivity contribution in [3.63, 3.8) is 0 Å². The Balaban J connectivity index is 2.04. The fourth-order valence-electron chi connectivity index (χ4n) is 4.10. The lowest BCUT2D eigenvalue weighted by Crippen LogP contribution is -2.24. The molecule has 5 heteroatoms. The Morgan fingerprint density at radius 1 is 0.935 bits per heavy atom. The van der Waals surface area contributed by atoms with Gasteiger partial charge >= 0.3 is 0 Å². The number of para-hydroxylation sites is 2. The van der Waals surface area contributed by atoms with E-state index < -0.39 is 0 Å². The summed E-state index contributed by atoms with van der Waals surface area (Å²) in [5.41, 5.74) is 14.6. The molecule has 0 saturated carbocycles. The Hall–Kier alpha value is -3.18. The summed E-state index contributed by atoms with van der Waals surface area (Å²) in [6, 6.07) is 17.0. The quantitative estimate of drug-likeness (QED) is 0.432. The first kappa shape index (κ1) is 22.5. The normalized spacial score (nSPS) is 12.5. The number of benzene rings is 2. The van der Waals surface area contributed by atoms with E-state index >= 15 is 0 Å². The molecule has 1 aliphatic heterocycles. The first-order chi connectivity index (χ1) is 15.1. The number of anilines is 2. The molecule has 1 heterocycles. The standard InChI is InChI=1S/C26H35N5/c1-5-29-19(2)11-10-12-20(3)31-23-15-8-6-13-21(23)25(28-4)26(30-18-17-27)22-14-7-9-16-24(22)31/h6-9,13-16,28-30H,2-3,5,10-12,17-18,27H2,1,4H3. The number of hydrogen-bond donors (Lipinski definition) is 4. The molecule has 0 aromatic heterocycles. The van der Waals surface area contributed by atoms with Gasteiger partial charge in [-0.3, -0.25) is 0 Å². The SMILES string of the molecule is C=C(CCCC(=C)N1c2ccccc2C(NC)=C(NCCN)c2ccccc21)NCC. The van der Waals surface area contributed by atoms with Crippen molar-refractivity contribution in [2.75, 3.05) is 31.6 Å². The lowest BCUT2D eigenvalue weighted by Gasteiger charge is -2.29. The first-order valence-electron chi connectivity index (χ1n) is 11.1. The summed E-state index contributed by atoms with van der Waals surface area (Å²) < 4.78 is 0. The van der Waals surface area contributed by atoms with Gasteiger partial charge in [-0.15, -0.1) is 0 Å². The van der Waals surface area contributed by atoms with Crippen LogP contribution in [0.5, 0.6) is 0 Å². The van der Waals surface area contributed by atoms with Crippen LogP contribution in [0.2, 0.25) is 0 Å². The van der Waals surface area contributed by atoms with Crippen LogP contribution < -0.4 is 26.6 Å². The summed E-state index contributed by atoms with van der Waals surface area (Å²) >= 11 is 0. The van der Waals surface area contributed by atoms with Gasteiger partial charge in [-0.2, -0.15) is 0 Å². The van der Waals surface area contributed by atoms with Gasteiger partial charge in [-0.05, 0) is 38.3 Å². The van der Waals surface area contributed by atoms with Crippen molar-refractivity contribution in [2.45, 2.75) is 26.2 Å². The molecule has 0 bridgehead atoms. The number of rotatable bonds is 11. The van der Waals surface area contributed by atoms with Crippen LogP contribution in [-0.2, 0) is 0 Å². The highest BCUT2D eigenvalue weighted by Gasteiger charge is 2.27. The van der Waals surface area contributed by atoms with Crippen LogP contribution in [-0.4, -0.2) is 26.7 Å². The first-order valence-corrected chi connectivity index (χ1v) is 11.1. The number of hydrogen-bond acceptors (Lipinski definition) is 5. The van der Waals surface area contributed by atoms with Gasteiger partial charge in [-0.25, -0.2) is 0 Å². The predicted octanol–water partition coefficient (Wildman–Crippen LogP) is 4.54. The third-order valence-corrected chi connectivity index (χ3v) is 5.46. The van der Waals surface area contributed by atoms with Crippen LogP contribution in [0.1, 0.15) is 37.3 Å². The lowest BCUT2D eigenvalue weighted by atomic mass is 10.0. The molecule has 3 rings (SSSR count). The number of nitrogens with two attached hydrogens (primary N) is 1. The molecular weight excluding hydrogens is 382 g/mol. The largest absolute Gasteiger partial charge is 0.389 e. The molecule has 0 amide bonds. The molecule has 1 aliphatic rings. The van der Waals surface area contributed by atoms with Crippen LogP contribution in [0.15, 0.2) is 73.1 Å². The molecule has 0 unspecified atom stereocenters. The third kappa shape index (κ3) is 4.94. The van der Waals surface area contributed by atoms with E-state index in [2.05, 4.69) is 89.5 Å². The maximum absolute atomic E-state index is 5.82. The van der Waals surface area contributed by atoms with Crippen LogP contribution in [0.4, 0.5) is 11.4 Å². The van der Waals surface area contributed by atoms with Crippen molar-refractivity contribution in [3.8, 4) is 0 Å². The average Bonchev–Trinajstić information content (AvgIpc) is 2.89. The molecule has 31 heavy (non-hydrogen) atoms. The number of nitrogens with one attached hydrogen (secondary N) is 3. The second kappa shape index (κ2) is 10.7. The zero-order chi connectivity index (χ0) is 22.2. The highest BCUT2D eigenvalue weighted by atomic mass is 15.2. The van der Waals surface area contributed by atoms with E-state index in [1.807, 2.05) is 7.05 Å². The molecule has 5 nitrogen and oxygen atoms in total. The summed E-state index contributed by atoms with van der Waals surface area (Å²) in [7, 11) is 1.97. The maximum atomic E-state index is 5.82. The Kier molecular flexibility index (Phi) is 7.79. The van der Waals surface area contributed by atoms with Gasteiger partial charge in [0.2, 0.25) is 0 Å². The van der Waals surface area contributed by atoms with Crippen molar-refractivity contribution in [1.29, 1.82) is 0 Å². The molecule has 5 N–H and O–H groups in total. The summed E-state index contributed by atoms with van der Waals surface area (Å²) in [6.07, 6.45) is 2.82. The van der Waals surface area contributed by atoms with Crippen LogP contribution >= 0.6 is 0 Å². The maximum Gasteiger partial charge on any atom is 0.0678 e. The van der Waals surface area contributed by atoms with Gasteiger partial charge in [0.25, 0.3) is 0 Å². The highest BCUT2D eigenvalue weighted by Crippen LogP contribution is 2.44. The summed E-state index contributed by atoms with van der Waals surface area (Å²) in [6.45, 7) is 12.9. The fourth-order valence-corrected chi connectivity index (χ4v) is 4.10. The van der Waals surface area contributed by atoms with E-state index in [4.69, 9.17) is 5.73 Å². The Morgan fingerprint density at radius 3 is 2.13 bits per heavy atom. The number of fused-ring (bicyclic) bond motifs is 2. The molecule has 0 saturated heterocycles. The minimum absolute atomic E-state index is 0.566. The number of allylic oxidation sites excluding steroid dienone is 2. The van der Waals surface area contributed by atoms with Crippen LogP contribution in [0.3, 0.4) is 0 Å². The molecule has 0 aliphatic carbocycles. The average molecular weight is 418 g/mol. The summed E-state index contributed by atoms with van der Waals surface area (Å²) in [5.74, 6) is 0. The zero-order valence-corrected chi connectivity index (χ0v) is 18.8. The predicted molar refractivity (Wildman–Crippen MR) is 134 cm³/mol. The second-order valence-corrected chi connectivity index (χ2v) is 7.64. The van der Waals surface area contributed by atoms with Crippen molar-refractivity contribution in [2.24, 2.45) is 5.73 Å². The molecule has 0 fully saturated rings. The lowest BCUT2D eigenvalue weighted by molar-refractivity contribution is 0.723. The van der Waals surface area contributed by atoms with Crippen LogP contribution in [0, 0.1) is 0 Å². The Morgan fingerprint density at radius 2 is 1.55 bits per heavy atom. The molecule has 2 aromatic rings. The van der Waals surface area contributed by atoms with E-state index in [-0.39, 0.29) is 0 Å². The minimum Gasteiger partial charge on any atom is -0.389 e. The monoisotopic (exact) mass is 417 g/mol. The summed E-state index contributed by atoms with van der Waals surface area (Å²) in [4.78, 5) is 2.30. The van der Waals surface area contributed by atoms with E-state index in [1.165, 1.54) is 0 Å². The highest BCUT2D eigenvalue weighted by molar-refractivity contribution is 6.00. The Bertz CT molecular complexity index is 960.